The Bertz CT molecular complexity index is 836. The van der Waals surface area contributed by atoms with Gasteiger partial charge >= 0.3 is 6.03 Å². The normalized spacial score (nSPS) is 16.4. The smallest absolute Gasteiger partial charge is 0.315 e. The van der Waals surface area contributed by atoms with Crippen LogP contribution in [0.15, 0.2) is 47.4 Å². The Labute approximate surface area is 170 Å². The number of fused-ring (bicyclic) bond motifs is 1. The molecule has 2 aromatic carbocycles. The van der Waals surface area contributed by atoms with Crippen LogP contribution in [0.3, 0.4) is 0 Å². The van der Waals surface area contributed by atoms with Crippen molar-refractivity contribution in [2.24, 2.45) is 0 Å². The van der Waals surface area contributed by atoms with E-state index in [0.29, 0.717) is 13.2 Å². The highest BCUT2D eigenvalue weighted by atomic mass is 32.2. The number of thioether (sulfide) groups is 1. The number of hydrogen-bond acceptors (Lipinski definition) is 3. The van der Waals surface area contributed by atoms with Crippen molar-refractivity contribution in [2.75, 3.05) is 5.75 Å². The molecule has 2 N–H and O–H groups in total. The highest BCUT2D eigenvalue weighted by molar-refractivity contribution is 7.99. The molecule has 2 aromatic rings. The van der Waals surface area contributed by atoms with Gasteiger partial charge in [-0.2, -0.15) is 0 Å². The van der Waals surface area contributed by atoms with Gasteiger partial charge in [-0.05, 0) is 62.1 Å². The molecule has 3 rings (SSSR count). The molecule has 1 aliphatic heterocycles. The fourth-order valence-electron chi connectivity index (χ4n) is 3.04. The zero-order chi connectivity index (χ0) is 20.1. The molecule has 150 valence electrons. The van der Waals surface area contributed by atoms with E-state index < -0.39 is 0 Å². The van der Waals surface area contributed by atoms with E-state index in [9.17, 15) is 9.18 Å². The highest BCUT2D eigenvalue weighted by Gasteiger charge is 2.22. The first-order chi connectivity index (χ1) is 13.3. The van der Waals surface area contributed by atoms with E-state index in [1.807, 2.05) is 45.0 Å². The van der Waals surface area contributed by atoms with Crippen molar-refractivity contribution < 1.29 is 13.9 Å². The minimum atomic E-state index is -0.275. The minimum Gasteiger partial charge on any atom is -0.371 e. The Morgan fingerprint density at radius 2 is 2.00 bits per heavy atom. The summed E-state index contributed by atoms with van der Waals surface area (Å²) in [6.07, 6.45) is 0.786. The number of carbonyl (C=O) groups excluding carboxylic acids is 1. The van der Waals surface area contributed by atoms with Gasteiger partial charge in [-0.1, -0.05) is 24.3 Å². The van der Waals surface area contributed by atoms with Gasteiger partial charge in [0, 0.05) is 17.2 Å². The van der Waals surface area contributed by atoms with Gasteiger partial charge in [0.15, 0.2) is 0 Å². The second-order valence-corrected chi connectivity index (χ2v) is 9.06. The summed E-state index contributed by atoms with van der Waals surface area (Å²) < 4.78 is 19.4. The Morgan fingerprint density at radius 3 is 2.79 bits per heavy atom. The maximum absolute atomic E-state index is 13.6. The third kappa shape index (κ3) is 5.97. The van der Waals surface area contributed by atoms with Crippen molar-refractivity contribution in [3.05, 3.63) is 65.0 Å². The summed E-state index contributed by atoms with van der Waals surface area (Å²) in [6.45, 7) is 7.03. The van der Waals surface area contributed by atoms with E-state index in [-0.39, 0.29) is 23.5 Å². The zero-order valence-electron chi connectivity index (χ0n) is 16.5. The van der Waals surface area contributed by atoms with Crippen LogP contribution >= 0.6 is 11.8 Å². The summed E-state index contributed by atoms with van der Waals surface area (Å²) in [6, 6.07) is 12.3. The lowest BCUT2D eigenvalue weighted by atomic mass is 10.0. The molecule has 2 amide bonds. The highest BCUT2D eigenvalue weighted by Crippen LogP contribution is 2.36. The molecule has 0 aliphatic carbocycles. The molecule has 0 aromatic heterocycles. The van der Waals surface area contributed by atoms with Gasteiger partial charge < -0.3 is 15.4 Å². The van der Waals surface area contributed by atoms with Crippen LogP contribution in [0.2, 0.25) is 0 Å². The van der Waals surface area contributed by atoms with Crippen molar-refractivity contribution in [1.82, 2.24) is 10.6 Å². The van der Waals surface area contributed by atoms with Crippen molar-refractivity contribution in [3.8, 4) is 0 Å². The first-order valence-electron chi connectivity index (χ1n) is 9.48. The Hall–Kier alpha value is -2.05. The number of ether oxygens (including phenoxy) is 1. The Morgan fingerprint density at radius 1 is 1.21 bits per heavy atom. The molecule has 1 atom stereocenters. The van der Waals surface area contributed by atoms with Crippen molar-refractivity contribution in [3.63, 3.8) is 0 Å². The molecule has 0 saturated carbocycles. The van der Waals surface area contributed by atoms with Crippen molar-refractivity contribution in [1.29, 1.82) is 0 Å². The predicted octanol–water partition coefficient (Wildman–Crippen LogP) is 5.18. The molecule has 1 unspecified atom stereocenters. The first kappa shape index (κ1) is 20.7. The van der Waals surface area contributed by atoms with E-state index in [0.717, 1.165) is 33.8 Å². The molecule has 28 heavy (non-hydrogen) atoms. The quantitative estimate of drug-likeness (QED) is 0.725. The number of urea groups is 1. The number of hydrogen-bond donors (Lipinski definition) is 2. The topological polar surface area (TPSA) is 50.4 Å². The summed E-state index contributed by atoms with van der Waals surface area (Å²) in [5.41, 5.74) is 2.74. The average molecular weight is 403 g/mol. The minimum absolute atomic E-state index is 0.168. The van der Waals surface area contributed by atoms with Crippen LogP contribution in [0.1, 0.15) is 49.9 Å². The fourth-order valence-corrected chi connectivity index (χ4v) is 4.14. The molecule has 0 bridgehead atoms. The Kier molecular flexibility index (Phi) is 6.62. The van der Waals surface area contributed by atoms with E-state index in [1.54, 1.807) is 17.8 Å². The average Bonchev–Trinajstić information content (AvgIpc) is 2.65. The largest absolute Gasteiger partial charge is 0.371 e. The van der Waals surface area contributed by atoms with Gasteiger partial charge in [0.25, 0.3) is 0 Å². The number of benzene rings is 2. The lowest BCUT2D eigenvalue weighted by molar-refractivity contribution is -0.0149. The van der Waals surface area contributed by atoms with Crippen LogP contribution in [0.4, 0.5) is 9.18 Å². The van der Waals surface area contributed by atoms with Gasteiger partial charge in [-0.3, -0.25) is 0 Å². The molecule has 1 aliphatic rings. The summed E-state index contributed by atoms with van der Waals surface area (Å²) in [5.74, 6) is 0.627. The van der Waals surface area contributed by atoms with Crippen molar-refractivity contribution >= 4 is 17.8 Å². The second kappa shape index (κ2) is 8.97. The van der Waals surface area contributed by atoms with E-state index in [4.69, 9.17) is 4.74 Å². The standard InChI is InChI=1S/C22H27FN2O2S/c1-22(2,3)27-14-16-6-4-5-15(11-16)13-24-21(26)25-19-9-10-28-20-8-7-17(23)12-18(19)20/h4-8,11-12,19H,9-10,13-14H2,1-3H3,(H2,24,25,26). The molecule has 0 fully saturated rings. The summed E-state index contributed by atoms with van der Waals surface area (Å²) in [5, 5.41) is 5.88. The molecule has 0 spiro atoms. The monoisotopic (exact) mass is 402 g/mol. The second-order valence-electron chi connectivity index (χ2n) is 7.92. The van der Waals surface area contributed by atoms with Gasteiger partial charge in [0.2, 0.25) is 0 Å². The molecule has 6 heteroatoms. The number of halogens is 1. The van der Waals surface area contributed by atoms with Crippen LogP contribution in [-0.4, -0.2) is 17.4 Å². The zero-order valence-corrected chi connectivity index (χ0v) is 17.4. The molecule has 0 radical (unpaired) electrons. The van der Waals surface area contributed by atoms with Crippen LogP contribution in [-0.2, 0) is 17.9 Å². The van der Waals surface area contributed by atoms with E-state index in [2.05, 4.69) is 10.6 Å². The summed E-state index contributed by atoms with van der Waals surface area (Å²) >= 11 is 1.70. The van der Waals surface area contributed by atoms with Gasteiger partial charge in [-0.15, -0.1) is 11.8 Å². The van der Waals surface area contributed by atoms with Crippen LogP contribution in [0.5, 0.6) is 0 Å². The van der Waals surface area contributed by atoms with E-state index >= 15 is 0 Å². The Balaban J connectivity index is 1.55. The molecule has 1 heterocycles. The van der Waals surface area contributed by atoms with Gasteiger partial charge in [-0.25, -0.2) is 9.18 Å². The predicted molar refractivity (Wildman–Crippen MR) is 111 cm³/mol. The fraction of sp³-hybridized carbons (Fsp3) is 0.409. The molecular weight excluding hydrogens is 375 g/mol. The number of amides is 2. The van der Waals surface area contributed by atoms with Crippen LogP contribution in [0, 0.1) is 5.82 Å². The third-order valence-electron chi connectivity index (χ3n) is 4.43. The van der Waals surface area contributed by atoms with E-state index in [1.165, 1.54) is 12.1 Å². The van der Waals surface area contributed by atoms with Crippen LogP contribution in [0.25, 0.3) is 0 Å². The lowest BCUT2D eigenvalue weighted by Crippen LogP contribution is -2.38. The maximum atomic E-state index is 13.6. The molecular formula is C22H27FN2O2S. The summed E-state index contributed by atoms with van der Waals surface area (Å²) in [4.78, 5) is 13.4. The molecule has 4 nitrogen and oxygen atoms in total. The van der Waals surface area contributed by atoms with Gasteiger partial charge in [0.05, 0.1) is 18.2 Å². The molecule has 0 saturated heterocycles. The lowest BCUT2D eigenvalue weighted by Gasteiger charge is -2.26. The number of rotatable bonds is 5. The third-order valence-corrected chi connectivity index (χ3v) is 5.56. The SMILES string of the molecule is CC(C)(C)OCc1cccc(CNC(=O)NC2CCSc3ccc(F)cc32)c1. The van der Waals surface area contributed by atoms with Crippen molar-refractivity contribution in [2.45, 2.75) is 56.9 Å². The first-order valence-corrected chi connectivity index (χ1v) is 10.5. The van der Waals surface area contributed by atoms with Gasteiger partial charge in [0.1, 0.15) is 5.82 Å². The number of carbonyl (C=O) groups is 1. The van der Waals surface area contributed by atoms with Crippen LogP contribution < -0.4 is 10.6 Å². The maximum Gasteiger partial charge on any atom is 0.315 e. The summed E-state index contributed by atoms with van der Waals surface area (Å²) in [7, 11) is 0. The number of nitrogens with one attached hydrogen (secondary N) is 2.